The summed E-state index contributed by atoms with van der Waals surface area (Å²) in [6, 6.07) is 8.90. The fourth-order valence-corrected chi connectivity index (χ4v) is 3.86. The van der Waals surface area contributed by atoms with E-state index in [-0.39, 0.29) is 18.2 Å². The summed E-state index contributed by atoms with van der Waals surface area (Å²) in [6.07, 6.45) is 5.17. The van der Waals surface area contributed by atoms with Gasteiger partial charge in [0.05, 0.1) is 18.8 Å². The third-order valence-electron chi connectivity index (χ3n) is 5.81. The smallest absolute Gasteiger partial charge is 0.237 e. The first-order valence-electron chi connectivity index (χ1n) is 11.5. The number of nitrogens with one attached hydrogen (secondary N) is 2. The van der Waals surface area contributed by atoms with E-state index in [2.05, 4.69) is 31.5 Å². The lowest BCUT2D eigenvalue weighted by Crippen LogP contribution is -2.51. The Bertz CT molecular complexity index is 1200. The van der Waals surface area contributed by atoms with Gasteiger partial charge in [0, 0.05) is 44.5 Å². The fraction of sp³-hybridized carbons (Fsp3) is 0.360. The number of hydrogen-bond acceptors (Lipinski definition) is 8. The van der Waals surface area contributed by atoms with E-state index in [1.807, 2.05) is 49.1 Å². The van der Waals surface area contributed by atoms with E-state index in [1.165, 1.54) is 0 Å². The number of nitrogens with zero attached hydrogens (tertiary/aromatic N) is 5. The first kappa shape index (κ1) is 24.1. The summed E-state index contributed by atoms with van der Waals surface area (Å²) in [7, 11) is 1.61. The van der Waals surface area contributed by atoms with E-state index < -0.39 is 6.04 Å². The Labute approximate surface area is 204 Å². The molecular formula is C25H29N7O3. The number of imidazole rings is 1. The zero-order valence-corrected chi connectivity index (χ0v) is 20.1. The maximum Gasteiger partial charge on any atom is 0.237 e. The van der Waals surface area contributed by atoms with Crippen LogP contribution >= 0.6 is 0 Å². The minimum absolute atomic E-state index is 0.105. The van der Waals surface area contributed by atoms with Crippen molar-refractivity contribution >= 4 is 17.7 Å². The second-order valence-electron chi connectivity index (χ2n) is 8.55. The van der Waals surface area contributed by atoms with Gasteiger partial charge in [-0.05, 0) is 23.6 Å². The SMILES string of the molecule is COc1ccc(CNC(=O)CC2NCCN(c3cc(C(C)C)nc(-n4ccnc4)n3)C2=C=O)cc1. The predicted octanol–water partition coefficient (Wildman–Crippen LogP) is 1.99. The molecule has 1 amide bonds. The van der Waals surface area contributed by atoms with Gasteiger partial charge < -0.3 is 20.3 Å². The van der Waals surface area contributed by atoms with Gasteiger partial charge >= 0.3 is 0 Å². The molecule has 1 aliphatic heterocycles. The highest BCUT2D eigenvalue weighted by Crippen LogP contribution is 2.25. The number of carbonyl (C=O) groups excluding carboxylic acids is 2. The van der Waals surface area contributed by atoms with Gasteiger partial charge in [0.1, 0.15) is 29.5 Å². The Morgan fingerprint density at radius 3 is 2.74 bits per heavy atom. The van der Waals surface area contributed by atoms with Crippen molar-refractivity contribution in [1.29, 1.82) is 0 Å². The minimum Gasteiger partial charge on any atom is -0.497 e. The summed E-state index contributed by atoms with van der Waals surface area (Å²) in [5.74, 6) is 3.87. The van der Waals surface area contributed by atoms with Crippen LogP contribution in [0.25, 0.3) is 5.95 Å². The van der Waals surface area contributed by atoms with Crippen LogP contribution in [0.4, 0.5) is 5.82 Å². The predicted molar refractivity (Wildman–Crippen MR) is 131 cm³/mol. The van der Waals surface area contributed by atoms with Crippen LogP contribution in [0.2, 0.25) is 0 Å². The number of aromatic nitrogens is 4. The number of piperazine rings is 1. The molecule has 3 aromatic rings. The maximum absolute atomic E-state index is 12.7. The van der Waals surface area contributed by atoms with Crippen LogP contribution in [0.15, 0.2) is 54.7 Å². The number of anilines is 1. The number of methoxy groups -OCH3 is 1. The van der Waals surface area contributed by atoms with Gasteiger partial charge in [-0.25, -0.2) is 14.8 Å². The third-order valence-corrected chi connectivity index (χ3v) is 5.81. The number of hydrogen-bond donors (Lipinski definition) is 2. The summed E-state index contributed by atoms with van der Waals surface area (Å²) in [5, 5.41) is 6.18. The quantitative estimate of drug-likeness (QED) is 0.476. The van der Waals surface area contributed by atoms with Gasteiger partial charge in [0.15, 0.2) is 0 Å². The average Bonchev–Trinajstić information content (AvgIpc) is 3.42. The molecule has 4 rings (SSSR count). The van der Waals surface area contributed by atoms with Crippen LogP contribution in [-0.4, -0.2) is 57.6 Å². The molecular weight excluding hydrogens is 446 g/mol. The first-order valence-corrected chi connectivity index (χ1v) is 11.5. The molecule has 2 aromatic heterocycles. The lowest BCUT2D eigenvalue weighted by atomic mass is 10.1. The molecule has 1 aromatic carbocycles. The standard InChI is InChI=1S/C25H29N7O3/c1-17(2)20-12-23(30-25(29-20)31-10-8-26-16-31)32-11-9-27-21(22(32)15-33)13-24(34)28-14-18-4-6-19(35-3)7-5-18/h4-8,10,12,16-17,21,27H,9,11,13-14H2,1-3H3,(H,28,34). The summed E-state index contributed by atoms with van der Waals surface area (Å²) in [6.45, 7) is 5.59. The molecule has 2 N–H and O–H groups in total. The summed E-state index contributed by atoms with van der Waals surface area (Å²) in [5.41, 5.74) is 2.15. The summed E-state index contributed by atoms with van der Waals surface area (Å²) >= 11 is 0. The Morgan fingerprint density at radius 1 is 1.29 bits per heavy atom. The van der Waals surface area contributed by atoms with Crippen LogP contribution in [0.5, 0.6) is 5.75 Å². The van der Waals surface area contributed by atoms with Crippen LogP contribution in [0, 0.1) is 0 Å². The van der Waals surface area contributed by atoms with Crippen molar-refractivity contribution in [3.05, 3.63) is 66.0 Å². The Balaban J connectivity index is 1.49. The molecule has 0 aliphatic carbocycles. The zero-order chi connectivity index (χ0) is 24.8. The van der Waals surface area contributed by atoms with Crippen molar-refractivity contribution in [2.24, 2.45) is 0 Å². The van der Waals surface area contributed by atoms with Crippen LogP contribution in [0.3, 0.4) is 0 Å². The van der Waals surface area contributed by atoms with Gasteiger partial charge in [-0.1, -0.05) is 26.0 Å². The highest BCUT2D eigenvalue weighted by atomic mass is 16.5. The second-order valence-corrected chi connectivity index (χ2v) is 8.55. The molecule has 0 radical (unpaired) electrons. The highest BCUT2D eigenvalue weighted by molar-refractivity contribution is 5.78. The molecule has 1 fully saturated rings. The number of benzene rings is 1. The molecule has 10 heteroatoms. The van der Waals surface area contributed by atoms with Gasteiger partial charge in [-0.15, -0.1) is 0 Å². The Hall–Kier alpha value is -4.01. The lowest BCUT2D eigenvalue weighted by molar-refractivity contribution is -0.121. The van der Waals surface area contributed by atoms with Crippen LogP contribution < -0.4 is 20.3 Å². The van der Waals surface area contributed by atoms with E-state index in [9.17, 15) is 9.59 Å². The molecule has 0 saturated carbocycles. The molecule has 1 unspecified atom stereocenters. The largest absolute Gasteiger partial charge is 0.497 e. The second kappa shape index (κ2) is 10.9. The van der Waals surface area contributed by atoms with E-state index in [0.29, 0.717) is 37.1 Å². The zero-order valence-electron chi connectivity index (χ0n) is 20.1. The molecule has 0 bridgehead atoms. The van der Waals surface area contributed by atoms with Gasteiger partial charge in [-0.3, -0.25) is 9.36 Å². The molecule has 1 saturated heterocycles. The van der Waals surface area contributed by atoms with E-state index in [0.717, 1.165) is 17.0 Å². The Kier molecular flexibility index (Phi) is 7.54. The average molecular weight is 476 g/mol. The number of ether oxygens (including phenoxy) is 1. The highest BCUT2D eigenvalue weighted by Gasteiger charge is 2.30. The van der Waals surface area contributed by atoms with Crippen molar-refractivity contribution < 1.29 is 14.3 Å². The molecule has 1 atom stereocenters. The molecule has 182 valence electrons. The van der Waals surface area contributed by atoms with Crippen molar-refractivity contribution in [2.45, 2.75) is 38.8 Å². The lowest BCUT2D eigenvalue weighted by Gasteiger charge is -2.35. The summed E-state index contributed by atoms with van der Waals surface area (Å²) < 4.78 is 6.89. The monoisotopic (exact) mass is 475 g/mol. The van der Waals surface area contributed by atoms with E-state index >= 15 is 0 Å². The van der Waals surface area contributed by atoms with Gasteiger partial charge in [-0.2, -0.15) is 4.98 Å². The van der Waals surface area contributed by atoms with Gasteiger partial charge in [0.2, 0.25) is 11.9 Å². The van der Waals surface area contributed by atoms with Crippen LogP contribution in [0.1, 0.15) is 37.4 Å². The molecule has 10 nitrogen and oxygen atoms in total. The van der Waals surface area contributed by atoms with E-state index in [1.54, 1.807) is 30.4 Å². The Morgan fingerprint density at radius 2 is 2.09 bits per heavy atom. The third kappa shape index (κ3) is 5.74. The number of amides is 1. The number of carbonyl (C=O) groups is 1. The van der Waals surface area contributed by atoms with Gasteiger partial charge in [0.25, 0.3) is 0 Å². The fourth-order valence-electron chi connectivity index (χ4n) is 3.86. The van der Waals surface area contributed by atoms with Crippen molar-refractivity contribution in [3.8, 4) is 11.7 Å². The molecule has 0 spiro atoms. The van der Waals surface area contributed by atoms with E-state index in [4.69, 9.17) is 4.74 Å². The molecule has 3 heterocycles. The topological polar surface area (TPSA) is 114 Å². The van der Waals surface area contributed by atoms with Crippen LogP contribution in [-0.2, 0) is 16.1 Å². The number of rotatable bonds is 8. The van der Waals surface area contributed by atoms with Crippen molar-refractivity contribution in [2.75, 3.05) is 25.1 Å². The van der Waals surface area contributed by atoms with Crippen molar-refractivity contribution in [3.63, 3.8) is 0 Å². The molecule has 35 heavy (non-hydrogen) atoms. The first-order chi connectivity index (χ1) is 17.0. The maximum atomic E-state index is 12.7. The minimum atomic E-state index is -0.480. The molecule has 1 aliphatic rings. The normalized spacial score (nSPS) is 15.7. The summed E-state index contributed by atoms with van der Waals surface area (Å²) in [4.78, 5) is 40.0. The van der Waals surface area contributed by atoms with Crippen molar-refractivity contribution in [1.82, 2.24) is 30.2 Å².